The Labute approximate surface area is 291 Å². The molecule has 3 amide bonds. The third-order valence-electron chi connectivity index (χ3n) is 8.14. The minimum atomic E-state index is -0.826. The highest BCUT2D eigenvalue weighted by Gasteiger charge is 2.26. The van der Waals surface area contributed by atoms with Crippen molar-refractivity contribution in [1.29, 1.82) is 0 Å². The summed E-state index contributed by atoms with van der Waals surface area (Å²) in [4.78, 5) is 55.8. The molecule has 11 nitrogen and oxygen atoms in total. The number of aromatic nitrogens is 2. The zero-order valence-electron chi connectivity index (χ0n) is 28.1. The number of fused-ring (bicyclic) bond motifs is 1. The van der Waals surface area contributed by atoms with Crippen LogP contribution >= 0.6 is 11.3 Å². The highest BCUT2D eigenvalue weighted by molar-refractivity contribution is 7.22. The maximum absolute atomic E-state index is 15.1. The van der Waals surface area contributed by atoms with Gasteiger partial charge < -0.3 is 20.7 Å². The first kappa shape index (κ1) is 36.1. The van der Waals surface area contributed by atoms with Crippen LogP contribution in [-0.2, 0) is 29.0 Å². The minimum Gasteiger partial charge on any atom is -0.383 e. The van der Waals surface area contributed by atoms with Crippen LogP contribution in [0.2, 0.25) is 0 Å². The van der Waals surface area contributed by atoms with Crippen LogP contribution in [0, 0.1) is 11.6 Å². The molecule has 0 aliphatic rings. The van der Waals surface area contributed by atoms with Crippen LogP contribution in [0.25, 0.3) is 26.3 Å². The number of nitrogens with one attached hydrogen (secondary N) is 3. The average molecular weight is 705 g/mol. The number of nitrogens with zero attached hydrogens (tertiary/aromatic N) is 3. The number of thiophene rings is 1. The number of hydrogen-bond donors (Lipinski definition) is 3. The summed E-state index contributed by atoms with van der Waals surface area (Å²) in [5, 5.41) is 8.23. The molecule has 5 aromatic rings. The Morgan fingerprint density at radius 1 is 0.960 bits per heavy atom. The lowest BCUT2D eigenvalue weighted by atomic mass is 10.1. The highest BCUT2D eigenvalue weighted by atomic mass is 32.1. The van der Waals surface area contributed by atoms with Crippen molar-refractivity contribution >= 4 is 39.2 Å². The van der Waals surface area contributed by atoms with Crippen LogP contribution in [0.15, 0.2) is 76.3 Å². The lowest BCUT2D eigenvalue weighted by Crippen LogP contribution is -2.39. The SMILES string of the molecule is CCNC(=O)Nc1ccc(-c2sc3c(c2CN(C)CCOC)c(=O)n(-c2ccc(CC(=O)NC)cc2)c(=O)n3Cc2c(F)cccc2F)cc1. The molecule has 0 saturated heterocycles. The van der Waals surface area contributed by atoms with E-state index in [4.69, 9.17) is 4.74 Å². The first-order chi connectivity index (χ1) is 24.1. The van der Waals surface area contributed by atoms with E-state index < -0.39 is 29.4 Å². The van der Waals surface area contributed by atoms with Gasteiger partial charge in [0.25, 0.3) is 5.56 Å². The number of carbonyl (C=O) groups is 2. The second-order valence-electron chi connectivity index (χ2n) is 11.6. The molecule has 262 valence electrons. The van der Waals surface area contributed by atoms with E-state index in [-0.39, 0.29) is 46.4 Å². The van der Waals surface area contributed by atoms with Crippen LogP contribution in [0.1, 0.15) is 23.6 Å². The van der Waals surface area contributed by atoms with Crippen molar-refractivity contribution in [3.8, 4) is 16.1 Å². The number of carbonyl (C=O) groups excluding carboxylic acids is 2. The number of methoxy groups -OCH3 is 1. The average Bonchev–Trinajstić information content (AvgIpc) is 3.46. The Hall–Kier alpha value is -5.18. The Balaban J connectivity index is 1.77. The molecule has 0 unspecified atom stereocenters. The van der Waals surface area contributed by atoms with Gasteiger partial charge in [0.05, 0.1) is 30.6 Å². The molecule has 2 aromatic heterocycles. The molecule has 14 heteroatoms. The number of anilines is 1. The Morgan fingerprint density at radius 3 is 2.26 bits per heavy atom. The van der Waals surface area contributed by atoms with Crippen molar-refractivity contribution in [1.82, 2.24) is 24.7 Å². The highest BCUT2D eigenvalue weighted by Crippen LogP contribution is 2.38. The molecule has 0 aliphatic heterocycles. The summed E-state index contributed by atoms with van der Waals surface area (Å²) in [7, 11) is 5.00. The Morgan fingerprint density at radius 2 is 1.64 bits per heavy atom. The lowest BCUT2D eigenvalue weighted by molar-refractivity contribution is -0.119. The fourth-order valence-corrected chi connectivity index (χ4v) is 6.84. The predicted molar refractivity (Wildman–Crippen MR) is 191 cm³/mol. The van der Waals surface area contributed by atoms with Gasteiger partial charge >= 0.3 is 11.7 Å². The fraction of sp³-hybridized carbons (Fsp3) is 0.278. The zero-order chi connectivity index (χ0) is 35.9. The van der Waals surface area contributed by atoms with E-state index in [9.17, 15) is 19.2 Å². The number of likely N-dealkylation sites (N-methyl/N-ethyl adjacent to an activating group) is 2. The molecule has 50 heavy (non-hydrogen) atoms. The lowest BCUT2D eigenvalue weighted by Gasteiger charge is -2.18. The predicted octanol–water partition coefficient (Wildman–Crippen LogP) is 4.72. The van der Waals surface area contributed by atoms with Crippen molar-refractivity contribution in [2.24, 2.45) is 0 Å². The van der Waals surface area contributed by atoms with Gasteiger partial charge in [-0.3, -0.25) is 19.1 Å². The molecule has 0 bridgehead atoms. The number of hydrogen-bond acceptors (Lipinski definition) is 7. The monoisotopic (exact) mass is 704 g/mol. The smallest absolute Gasteiger partial charge is 0.337 e. The van der Waals surface area contributed by atoms with E-state index in [1.807, 2.05) is 18.9 Å². The van der Waals surface area contributed by atoms with Crippen LogP contribution in [-0.4, -0.2) is 66.9 Å². The summed E-state index contributed by atoms with van der Waals surface area (Å²) in [5.74, 6) is -1.85. The Kier molecular flexibility index (Phi) is 11.6. The largest absolute Gasteiger partial charge is 0.383 e. The van der Waals surface area contributed by atoms with Gasteiger partial charge in [0, 0.05) is 49.9 Å². The third-order valence-corrected chi connectivity index (χ3v) is 9.44. The molecule has 0 saturated carbocycles. The summed E-state index contributed by atoms with van der Waals surface area (Å²) >= 11 is 1.17. The van der Waals surface area contributed by atoms with Crippen LogP contribution in [0.3, 0.4) is 0 Å². The quantitative estimate of drug-likeness (QED) is 0.163. The van der Waals surface area contributed by atoms with Gasteiger partial charge in [0.2, 0.25) is 5.91 Å². The van der Waals surface area contributed by atoms with Gasteiger partial charge in [0.1, 0.15) is 16.5 Å². The number of amides is 3. The van der Waals surface area contributed by atoms with E-state index in [1.165, 1.54) is 29.0 Å². The first-order valence-corrected chi connectivity index (χ1v) is 16.7. The summed E-state index contributed by atoms with van der Waals surface area (Å²) < 4.78 is 37.6. The molecule has 0 radical (unpaired) electrons. The molecule has 0 fully saturated rings. The second kappa shape index (κ2) is 16.0. The van der Waals surface area contributed by atoms with E-state index in [0.29, 0.717) is 47.0 Å². The fourth-order valence-electron chi connectivity index (χ4n) is 5.53. The number of benzene rings is 3. The minimum absolute atomic E-state index is 0.102. The van der Waals surface area contributed by atoms with Crippen molar-refractivity contribution in [2.45, 2.75) is 26.4 Å². The molecular formula is C36H38F2N6O5S. The van der Waals surface area contributed by atoms with E-state index in [0.717, 1.165) is 16.7 Å². The summed E-state index contributed by atoms with van der Waals surface area (Å²) in [6.45, 7) is 3.04. The summed E-state index contributed by atoms with van der Waals surface area (Å²) in [6.07, 6.45) is 0.102. The molecule has 3 aromatic carbocycles. The number of urea groups is 1. The summed E-state index contributed by atoms with van der Waals surface area (Å²) in [6, 6.07) is 16.6. The second-order valence-corrected chi connectivity index (χ2v) is 12.6. The molecule has 0 atom stereocenters. The number of ether oxygens (including phenoxy) is 1. The molecule has 5 rings (SSSR count). The molecule has 3 N–H and O–H groups in total. The van der Waals surface area contributed by atoms with Crippen LogP contribution < -0.4 is 27.2 Å². The van der Waals surface area contributed by atoms with Crippen molar-refractivity contribution in [2.75, 3.05) is 46.2 Å². The van der Waals surface area contributed by atoms with Crippen molar-refractivity contribution < 1.29 is 23.1 Å². The molecular weight excluding hydrogens is 666 g/mol. The van der Waals surface area contributed by atoms with E-state index >= 15 is 8.78 Å². The van der Waals surface area contributed by atoms with Crippen molar-refractivity contribution in [3.63, 3.8) is 0 Å². The van der Waals surface area contributed by atoms with Gasteiger partial charge in [-0.25, -0.2) is 22.9 Å². The van der Waals surface area contributed by atoms with Crippen LogP contribution in [0.4, 0.5) is 19.3 Å². The van der Waals surface area contributed by atoms with Gasteiger partial charge in [-0.2, -0.15) is 0 Å². The molecule has 0 aliphatic carbocycles. The maximum atomic E-state index is 15.1. The van der Waals surface area contributed by atoms with Gasteiger partial charge in [-0.05, 0) is 67.1 Å². The number of rotatable bonds is 13. The standard InChI is InChI=1S/C36H38F2N6O5S/c1-5-40-35(47)41-24-13-11-23(12-14-24)32-27(20-42(3)17-18-49-4)31-33(46)44(25-15-9-22(10-16-25)19-30(45)39-2)36(48)43(34(31)50-32)21-26-28(37)7-6-8-29(26)38/h6-16H,5,17-21H2,1-4H3,(H,39,45)(H2,40,41,47). The van der Waals surface area contributed by atoms with Gasteiger partial charge in [0.15, 0.2) is 0 Å². The normalized spacial score (nSPS) is 11.3. The molecule has 2 heterocycles. The van der Waals surface area contributed by atoms with Gasteiger partial charge in [-0.15, -0.1) is 11.3 Å². The zero-order valence-corrected chi connectivity index (χ0v) is 29.0. The van der Waals surface area contributed by atoms with Gasteiger partial charge in [-0.1, -0.05) is 30.3 Å². The third kappa shape index (κ3) is 7.83. The maximum Gasteiger partial charge on any atom is 0.337 e. The van der Waals surface area contributed by atoms with Crippen molar-refractivity contribution in [3.05, 3.63) is 116 Å². The Bertz CT molecular complexity index is 2110. The van der Waals surface area contributed by atoms with E-state index in [1.54, 1.807) is 55.6 Å². The molecule has 0 spiro atoms. The first-order valence-electron chi connectivity index (χ1n) is 15.9. The van der Waals surface area contributed by atoms with E-state index in [2.05, 4.69) is 16.0 Å². The summed E-state index contributed by atoms with van der Waals surface area (Å²) in [5.41, 5.74) is 1.08. The topological polar surface area (TPSA) is 127 Å². The number of halogens is 2. The van der Waals surface area contributed by atoms with Crippen LogP contribution in [0.5, 0.6) is 0 Å².